The van der Waals surface area contributed by atoms with Crippen molar-refractivity contribution in [3.63, 3.8) is 0 Å². The third-order valence-electron chi connectivity index (χ3n) is 7.52. The second kappa shape index (κ2) is 11.2. The van der Waals surface area contributed by atoms with E-state index in [1.807, 2.05) is 78.9 Å². The topological polar surface area (TPSA) is 121 Å². The van der Waals surface area contributed by atoms with Crippen LogP contribution in [-0.2, 0) is 15.1 Å². The lowest BCUT2D eigenvalue weighted by Crippen LogP contribution is -2.38. The summed E-state index contributed by atoms with van der Waals surface area (Å²) < 4.78 is 25.7. The molecule has 1 fully saturated rings. The van der Waals surface area contributed by atoms with Gasteiger partial charge in [-0.2, -0.15) is 0 Å². The first-order chi connectivity index (χ1) is 20.0. The molecule has 0 bridgehead atoms. The van der Waals surface area contributed by atoms with E-state index in [4.69, 9.17) is 18.9 Å². The van der Waals surface area contributed by atoms with Gasteiger partial charge in [-0.15, -0.1) is 0 Å². The van der Waals surface area contributed by atoms with E-state index in [0.717, 1.165) is 28.2 Å². The van der Waals surface area contributed by atoms with Crippen LogP contribution in [0.3, 0.4) is 0 Å². The number of hydrogen-bond acceptors (Lipinski definition) is 8. The van der Waals surface area contributed by atoms with Crippen molar-refractivity contribution in [3.8, 4) is 11.5 Å². The van der Waals surface area contributed by atoms with E-state index in [1.165, 1.54) is 12.7 Å². The molecule has 10 heteroatoms. The molecule has 3 heterocycles. The second-order valence-corrected chi connectivity index (χ2v) is 9.80. The van der Waals surface area contributed by atoms with E-state index in [-0.39, 0.29) is 24.1 Å². The van der Waals surface area contributed by atoms with Crippen LogP contribution in [0.15, 0.2) is 96.3 Å². The highest BCUT2D eigenvalue weighted by molar-refractivity contribution is 5.68. The van der Waals surface area contributed by atoms with Crippen LogP contribution in [0.2, 0.25) is 0 Å². The Bertz CT molecular complexity index is 1620. The molecule has 6 rings (SSSR count). The monoisotopic (exact) mass is 554 g/mol. The smallest absolute Gasteiger partial charge is 0.278 e. The summed E-state index contributed by atoms with van der Waals surface area (Å²) in [5.41, 5.74) is 1.89. The van der Waals surface area contributed by atoms with Gasteiger partial charge < -0.3 is 29.0 Å². The first-order valence-electron chi connectivity index (χ1n) is 13.3. The highest BCUT2D eigenvalue weighted by Crippen LogP contribution is 2.42. The summed E-state index contributed by atoms with van der Waals surface area (Å²) >= 11 is 0. The fourth-order valence-corrected chi connectivity index (χ4v) is 5.39. The largest absolute Gasteiger partial charge is 0.497 e. The minimum atomic E-state index is -1.04. The molecule has 41 heavy (non-hydrogen) atoms. The van der Waals surface area contributed by atoms with Crippen molar-refractivity contribution in [1.29, 1.82) is 0 Å². The van der Waals surface area contributed by atoms with Crippen molar-refractivity contribution in [2.24, 2.45) is 0 Å². The lowest BCUT2D eigenvalue weighted by Gasteiger charge is -2.37. The lowest BCUT2D eigenvalue weighted by molar-refractivity contribution is -0.0931. The number of hydrogen-bond donors (Lipinski definition) is 2. The third-order valence-corrected chi connectivity index (χ3v) is 7.52. The van der Waals surface area contributed by atoms with Gasteiger partial charge >= 0.3 is 0 Å². The van der Waals surface area contributed by atoms with E-state index in [2.05, 4.69) is 15.0 Å². The number of nitrogens with zero attached hydrogens (tertiary/aromatic N) is 3. The Morgan fingerprint density at radius 3 is 2.15 bits per heavy atom. The minimum Gasteiger partial charge on any atom is -0.497 e. The quantitative estimate of drug-likeness (QED) is 0.264. The van der Waals surface area contributed by atoms with Gasteiger partial charge in [0.15, 0.2) is 11.2 Å². The number of nitrogens with one attached hydrogen (secondary N) is 1. The Morgan fingerprint density at radius 2 is 1.54 bits per heavy atom. The number of rotatable bonds is 9. The zero-order valence-corrected chi connectivity index (χ0v) is 22.6. The molecule has 0 radical (unpaired) electrons. The number of aliphatic hydroxyl groups is 1. The first-order valence-corrected chi connectivity index (χ1v) is 13.3. The van der Waals surface area contributed by atoms with E-state index >= 15 is 0 Å². The molecule has 2 aromatic heterocycles. The SMILES string of the molecule is COc1ccc(C(OC[C@@H]2O[C@@H](n3cnc4c(=O)[nH]cnc43)C[C@H]2O)(c2ccccc2)c2ccc(OC)cc2)cc1. The molecule has 1 saturated heterocycles. The Kier molecular flexibility index (Phi) is 7.27. The highest BCUT2D eigenvalue weighted by Gasteiger charge is 2.42. The molecule has 10 nitrogen and oxygen atoms in total. The molecule has 0 saturated carbocycles. The van der Waals surface area contributed by atoms with Gasteiger partial charge in [0.05, 0.1) is 39.6 Å². The van der Waals surface area contributed by atoms with Gasteiger partial charge in [-0.05, 0) is 41.0 Å². The van der Waals surface area contributed by atoms with Gasteiger partial charge in [-0.3, -0.25) is 9.36 Å². The van der Waals surface area contributed by atoms with Crippen molar-refractivity contribution in [2.45, 2.75) is 30.5 Å². The molecule has 1 aliphatic rings. The van der Waals surface area contributed by atoms with Crippen LogP contribution >= 0.6 is 0 Å². The van der Waals surface area contributed by atoms with Crippen molar-refractivity contribution in [3.05, 3.63) is 119 Å². The minimum absolute atomic E-state index is 0.0747. The Labute approximate surface area is 236 Å². The normalized spacial score (nSPS) is 19.0. The summed E-state index contributed by atoms with van der Waals surface area (Å²) in [6, 6.07) is 25.4. The van der Waals surface area contributed by atoms with E-state index < -0.39 is 24.0 Å². The van der Waals surface area contributed by atoms with Gasteiger partial charge in [0.2, 0.25) is 0 Å². The number of imidazole rings is 1. The molecule has 0 spiro atoms. The summed E-state index contributed by atoms with van der Waals surface area (Å²) in [5.74, 6) is 1.45. The van der Waals surface area contributed by atoms with Crippen LogP contribution in [0.5, 0.6) is 11.5 Å². The van der Waals surface area contributed by atoms with Gasteiger partial charge in [-0.1, -0.05) is 54.6 Å². The summed E-state index contributed by atoms with van der Waals surface area (Å²) in [6.07, 6.45) is 1.09. The average molecular weight is 555 g/mol. The fraction of sp³-hybridized carbons (Fsp3) is 0.258. The Morgan fingerprint density at radius 1 is 0.927 bits per heavy atom. The maximum atomic E-state index is 12.1. The van der Waals surface area contributed by atoms with Crippen molar-refractivity contribution in [1.82, 2.24) is 19.5 Å². The Balaban J connectivity index is 1.37. The van der Waals surface area contributed by atoms with Gasteiger partial charge in [-0.25, -0.2) is 9.97 Å². The average Bonchev–Trinajstić information content (AvgIpc) is 3.62. The number of H-pyrrole nitrogens is 1. The van der Waals surface area contributed by atoms with Gasteiger partial charge in [0, 0.05) is 6.42 Å². The number of fused-ring (bicyclic) bond motifs is 1. The molecule has 0 amide bonds. The standard InChI is InChI=1S/C31H30N4O6/c1-38-23-12-8-21(9-13-23)31(20-6-4-3-5-7-20,22-10-14-24(39-2)15-11-22)40-17-26-25(36)16-27(41-26)35-19-34-28-29(35)32-18-33-30(28)37/h3-15,18-19,25-27,36H,16-17H2,1-2H3,(H,32,33,37)/t25-,26+,27-/m1/s1. The van der Waals surface area contributed by atoms with Gasteiger partial charge in [0.25, 0.3) is 5.56 Å². The summed E-state index contributed by atoms with van der Waals surface area (Å²) in [7, 11) is 3.26. The van der Waals surface area contributed by atoms with E-state index in [1.54, 1.807) is 18.8 Å². The molecule has 5 aromatic rings. The third kappa shape index (κ3) is 4.86. The molecule has 0 unspecified atom stereocenters. The van der Waals surface area contributed by atoms with Crippen LogP contribution in [0, 0.1) is 0 Å². The van der Waals surface area contributed by atoms with Crippen molar-refractivity contribution < 1.29 is 24.1 Å². The zero-order chi connectivity index (χ0) is 28.4. The molecule has 1 aliphatic heterocycles. The number of aromatic nitrogens is 4. The van der Waals surface area contributed by atoms with Crippen LogP contribution in [-0.4, -0.2) is 57.7 Å². The Hall–Kier alpha value is -4.51. The number of benzene rings is 3. The summed E-state index contributed by atoms with van der Waals surface area (Å²) in [6.45, 7) is 0.0747. The summed E-state index contributed by atoms with van der Waals surface area (Å²) in [4.78, 5) is 23.1. The van der Waals surface area contributed by atoms with Crippen LogP contribution in [0.4, 0.5) is 0 Å². The van der Waals surface area contributed by atoms with Crippen LogP contribution in [0.1, 0.15) is 29.3 Å². The van der Waals surface area contributed by atoms with Crippen molar-refractivity contribution >= 4 is 11.2 Å². The van der Waals surface area contributed by atoms with Crippen LogP contribution in [0.25, 0.3) is 11.2 Å². The predicted molar refractivity (Wildman–Crippen MR) is 151 cm³/mol. The number of methoxy groups -OCH3 is 2. The molecule has 210 valence electrons. The molecule has 3 atom stereocenters. The number of aliphatic hydroxyl groups excluding tert-OH is 1. The first kappa shape index (κ1) is 26.7. The van der Waals surface area contributed by atoms with Gasteiger partial charge in [0.1, 0.15) is 29.4 Å². The van der Waals surface area contributed by atoms with Crippen molar-refractivity contribution in [2.75, 3.05) is 20.8 Å². The van der Waals surface area contributed by atoms with E-state index in [9.17, 15) is 9.90 Å². The molecular formula is C31H30N4O6. The molecular weight excluding hydrogens is 524 g/mol. The molecule has 3 aromatic carbocycles. The number of ether oxygens (including phenoxy) is 4. The van der Waals surface area contributed by atoms with Crippen LogP contribution < -0.4 is 15.0 Å². The maximum Gasteiger partial charge on any atom is 0.278 e. The van der Waals surface area contributed by atoms with E-state index in [0.29, 0.717) is 5.65 Å². The maximum absolute atomic E-state index is 12.1. The number of aromatic amines is 1. The zero-order valence-electron chi connectivity index (χ0n) is 22.6. The molecule has 0 aliphatic carbocycles. The predicted octanol–water partition coefficient (Wildman–Crippen LogP) is 3.79. The fourth-order valence-electron chi connectivity index (χ4n) is 5.39. The summed E-state index contributed by atoms with van der Waals surface area (Å²) in [5, 5.41) is 11.1. The molecule has 2 N–H and O–H groups in total. The lowest BCUT2D eigenvalue weighted by atomic mass is 9.80. The highest BCUT2D eigenvalue weighted by atomic mass is 16.6. The second-order valence-electron chi connectivity index (χ2n) is 9.80.